The molecule has 1 rings (SSSR count). The molecule has 1 aromatic heterocycles. The number of rotatable bonds is 6. The zero-order chi connectivity index (χ0) is 10.4. The molecule has 0 bridgehead atoms. The highest BCUT2D eigenvalue weighted by Gasteiger charge is 2.07. The summed E-state index contributed by atoms with van der Waals surface area (Å²) in [5.41, 5.74) is 6.66. The lowest BCUT2D eigenvalue weighted by Gasteiger charge is -2.08. The van der Waals surface area contributed by atoms with E-state index in [9.17, 15) is 0 Å². The van der Waals surface area contributed by atoms with E-state index in [2.05, 4.69) is 12.0 Å². The van der Waals surface area contributed by atoms with E-state index in [4.69, 9.17) is 10.8 Å². The lowest BCUT2D eigenvalue weighted by atomic mass is 10.0. The Kier molecular flexibility index (Phi) is 4.62. The van der Waals surface area contributed by atoms with Crippen LogP contribution < -0.4 is 5.73 Å². The third-order valence-corrected chi connectivity index (χ3v) is 2.26. The molecule has 1 heterocycles. The lowest BCUT2D eigenvalue weighted by molar-refractivity contribution is 0.230. The molecule has 1 unspecified atom stereocenters. The Morgan fingerprint density at radius 2 is 2.43 bits per heavy atom. The molecule has 1 atom stereocenters. The van der Waals surface area contributed by atoms with Crippen LogP contribution in [-0.2, 0) is 13.0 Å². The predicted octanol–water partition coefficient (Wildman–Crippen LogP) is 0.403. The number of nitrogens with zero attached hydrogens (tertiary/aromatic N) is 2. The summed E-state index contributed by atoms with van der Waals surface area (Å²) in [6.07, 6.45) is 5.79. The van der Waals surface area contributed by atoms with Crippen LogP contribution in [0.2, 0.25) is 0 Å². The molecule has 0 aliphatic heterocycles. The van der Waals surface area contributed by atoms with Gasteiger partial charge < -0.3 is 10.8 Å². The Balaban J connectivity index is 2.49. The van der Waals surface area contributed by atoms with Crippen LogP contribution in [0.3, 0.4) is 0 Å². The molecule has 3 N–H and O–H groups in total. The van der Waals surface area contributed by atoms with Crippen LogP contribution in [0, 0.1) is 5.92 Å². The minimum atomic E-state index is 0.148. The van der Waals surface area contributed by atoms with Gasteiger partial charge in [0, 0.05) is 19.3 Å². The van der Waals surface area contributed by atoms with Crippen LogP contribution in [0.1, 0.15) is 18.9 Å². The minimum absolute atomic E-state index is 0.148. The Labute approximate surface area is 84.7 Å². The number of nitrogens with two attached hydrogens (primary N) is 1. The summed E-state index contributed by atoms with van der Waals surface area (Å²) in [7, 11) is 0. The van der Waals surface area contributed by atoms with Gasteiger partial charge in [-0.15, -0.1) is 0 Å². The molecule has 0 aliphatic carbocycles. The topological polar surface area (TPSA) is 64.1 Å². The van der Waals surface area contributed by atoms with Gasteiger partial charge in [0.1, 0.15) is 0 Å². The fourth-order valence-electron chi connectivity index (χ4n) is 1.42. The molecule has 4 heteroatoms. The maximum atomic E-state index is 8.99. The molecule has 1 aromatic rings. The van der Waals surface area contributed by atoms with Crippen LogP contribution in [0.5, 0.6) is 0 Å². The monoisotopic (exact) mass is 197 g/mol. The molecular weight excluding hydrogens is 178 g/mol. The third kappa shape index (κ3) is 3.12. The summed E-state index contributed by atoms with van der Waals surface area (Å²) in [4.78, 5) is 0. The van der Waals surface area contributed by atoms with Gasteiger partial charge >= 0.3 is 0 Å². The number of aromatic nitrogens is 2. The van der Waals surface area contributed by atoms with Crippen molar-refractivity contribution in [1.29, 1.82) is 0 Å². The average molecular weight is 197 g/mol. The molecule has 0 saturated heterocycles. The molecule has 14 heavy (non-hydrogen) atoms. The number of aryl methyl sites for hydroxylation is 1. The first kappa shape index (κ1) is 11.2. The Hall–Kier alpha value is -0.870. The van der Waals surface area contributed by atoms with Crippen molar-refractivity contribution in [3.8, 4) is 0 Å². The Bertz CT molecular complexity index is 256. The molecule has 0 aliphatic rings. The predicted molar refractivity (Wildman–Crippen MR) is 55.9 cm³/mol. The van der Waals surface area contributed by atoms with E-state index in [1.165, 1.54) is 0 Å². The molecule has 0 fully saturated rings. The van der Waals surface area contributed by atoms with Crippen LogP contribution >= 0.6 is 0 Å². The SMILES string of the molecule is CCCn1cc(CC(CN)CO)cn1. The number of aliphatic hydroxyl groups is 1. The summed E-state index contributed by atoms with van der Waals surface area (Å²) < 4.78 is 1.93. The van der Waals surface area contributed by atoms with Crippen molar-refractivity contribution in [2.45, 2.75) is 26.3 Å². The van der Waals surface area contributed by atoms with Crippen LogP contribution in [0.25, 0.3) is 0 Å². The standard InChI is InChI=1S/C10H19N3O/c1-2-3-13-7-10(6-12-13)4-9(5-11)8-14/h6-7,9,14H,2-5,8,11H2,1H3. The second kappa shape index (κ2) is 5.78. The Morgan fingerprint density at radius 1 is 1.64 bits per heavy atom. The second-order valence-electron chi connectivity index (χ2n) is 3.60. The van der Waals surface area contributed by atoms with Crippen molar-refractivity contribution in [3.63, 3.8) is 0 Å². The molecule has 0 spiro atoms. The maximum Gasteiger partial charge on any atom is 0.0521 e. The molecule has 4 nitrogen and oxygen atoms in total. The van der Waals surface area contributed by atoms with Gasteiger partial charge in [-0.1, -0.05) is 6.92 Å². The molecule has 0 saturated carbocycles. The van der Waals surface area contributed by atoms with Crippen molar-refractivity contribution in [2.24, 2.45) is 11.7 Å². The quantitative estimate of drug-likeness (QED) is 0.694. The van der Waals surface area contributed by atoms with Gasteiger partial charge in [0.15, 0.2) is 0 Å². The van der Waals surface area contributed by atoms with E-state index in [1.54, 1.807) is 0 Å². The summed E-state index contributed by atoms with van der Waals surface area (Å²) in [6, 6.07) is 0. The summed E-state index contributed by atoms with van der Waals surface area (Å²) >= 11 is 0. The summed E-state index contributed by atoms with van der Waals surface area (Å²) in [5, 5.41) is 13.2. The fraction of sp³-hybridized carbons (Fsp3) is 0.700. The third-order valence-electron chi connectivity index (χ3n) is 2.26. The molecule has 0 aromatic carbocycles. The van der Waals surface area contributed by atoms with E-state index in [1.807, 2.05) is 17.1 Å². The average Bonchev–Trinajstić information content (AvgIpc) is 2.63. The fourth-order valence-corrected chi connectivity index (χ4v) is 1.42. The molecular formula is C10H19N3O. The summed E-state index contributed by atoms with van der Waals surface area (Å²) in [5.74, 6) is 0.161. The highest BCUT2D eigenvalue weighted by atomic mass is 16.3. The van der Waals surface area contributed by atoms with Crippen molar-refractivity contribution >= 4 is 0 Å². The van der Waals surface area contributed by atoms with E-state index in [0.717, 1.165) is 24.9 Å². The van der Waals surface area contributed by atoms with Gasteiger partial charge in [-0.3, -0.25) is 4.68 Å². The Morgan fingerprint density at radius 3 is 3.00 bits per heavy atom. The van der Waals surface area contributed by atoms with Crippen LogP contribution in [0.15, 0.2) is 12.4 Å². The van der Waals surface area contributed by atoms with Gasteiger partial charge in [-0.2, -0.15) is 5.10 Å². The van der Waals surface area contributed by atoms with Crippen molar-refractivity contribution in [2.75, 3.05) is 13.2 Å². The maximum absolute atomic E-state index is 8.99. The number of hydrogen-bond acceptors (Lipinski definition) is 3. The van der Waals surface area contributed by atoms with Crippen molar-refractivity contribution in [1.82, 2.24) is 9.78 Å². The molecule has 80 valence electrons. The highest BCUT2D eigenvalue weighted by Crippen LogP contribution is 2.06. The van der Waals surface area contributed by atoms with E-state index < -0.39 is 0 Å². The minimum Gasteiger partial charge on any atom is -0.396 e. The first-order chi connectivity index (χ1) is 6.80. The van der Waals surface area contributed by atoms with Gasteiger partial charge in [-0.05, 0) is 30.9 Å². The van der Waals surface area contributed by atoms with E-state index >= 15 is 0 Å². The normalized spacial score (nSPS) is 13.1. The summed E-state index contributed by atoms with van der Waals surface area (Å²) in [6.45, 7) is 3.75. The first-order valence-corrected chi connectivity index (χ1v) is 5.12. The lowest BCUT2D eigenvalue weighted by Crippen LogP contribution is -2.20. The van der Waals surface area contributed by atoms with Crippen molar-refractivity contribution in [3.05, 3.63) is 18.0 Å². The van der Waals surface area contributed by atoms with Gasteiger partial charge in [0.05, 0.1) is 6.20 Å². The van der Waals surface area contributed by atoms with Crippen molar-refractivity contribution < 1.29 is 5.11 Å². The smallest absolute Gasteiger partial charge is 0.0521 e. The van der Waals surface area contributed by atoms with Gasteiger partial charge in [0.25, 0.3) is 0 Å². The van der Waals surface area contributed by atoms with Crippen LogP contribution in [-0.4, -0.2) is 28.0 Å². The van der Waals surface area contributed by atoms with E-state index in [-0.39, 0.29) is 12.5 Å². The first-order valence-electron chi connectivity index (χ1n) is 5.12. The number of hydrogen-bond donors (Lipinski definition) is 2. The largest absolute Gasteiger partial charge is 0.396 e. The second-order valence-corrected chi connectivity index (χ2v) is 3.60. The van der Waals surface area contributed by atoms with Crippen LogP contribution in [0.4, 0.5) is 0 Å². The van der Waals surface area contributed by atoms with E-state index in [0.29, 0.717) is 6.54 Å². The molecule has 0 radical (unpaired) electrons. The zero-order valence-corrected chi connectivity index (χ0v) is 8.69. The zero-order valence-electron chi connectivity index (χ0n) is 8.69. The molecule has 0 amide bonds. The highest BCUT2D eigenvalue weighted by molar-refractivity contribution is 5.05. The number of aliphatic hydroxyl groups excluding tert-OH is 1. The van der Waals surface area contributed by atoms with Gasteiger partial charge in [0.2, 0.25) is 0 Å². The van der Waals surface area contributed by atoms with Gasteiger partial charge in [-0.25, -0.2) is 0 Å².